The Kier molecular flexibility index (Phi) is 8.56. The van der Waals surface area contributed by atoms with Gasteiger partial charge in [0.15, 0.2) is 16.1 Å². The van der Waals surface area contributed by atoms with Crippen molar-refractivity contribution in [3.05, 3.63) is 10.7 Å². The van der Waals surface area contributed by atoms with Gasteiger partial charge in [-0.25, -0.2) is 4.98 Å². The summed E-state index contributed by atoms with van der Waals surface area (Å²) in [7, 11) is 0. The lowest BCUT2D eigenvalue weighted by atomic mass is 9.93. The number of carbonyl (C=O) groups is 1. The highest BCUT2D eigenvalue weighted by atomic mass is 79.9. The number of ketones is 1. The van der Waals surface area contributed by atoms with E-state index in [4.69, 9.17) is 9.47 Å². The van der Waals surface area contributed by atoms with Crippen LogP contribution in [0.1, 0.15) is 59.3 Å². The summed E-state index contributed by atoms with van der Waals surface area (Å²) >= 11 is 5.04. The van der Waals surface area contributed by atoms with Crippen LogP contribution in [0.15, 0.2) is 15.7 Å². The largest absolute Gasteiger partial charge is 0.483 e. The van der Waals surface area contributed by atoms with Crippen LogP contribution in [-0.2, 0) is 4.79 Å². The van der Waals surface area contributed by atoms with Crippen molar-refractivity contribution in [1.29, 1.82) is 0 Å². The number of fused-ring (bicyclic) bond motifs is 1. The molecule has 2 heterocycles. The van der Waals surface area contributed by atoms with Crippen molar-refractivity contribution in [2.24, 2.45) is 5.92 Å². The molecule has 1 aliphatic rings. The van der Waals surface area contributed by atoms with E-state index in [1.165, 1.54) is 19.3 Å². The van der Waals surface area contributed by atoms with E-state index in [2.05, 4.69) is 34.8 Å². The van der Waals surface area contributed by atoms with E-state index in [0.29, 0.717) is 41.5 Å². The Morgan fingerprint density at radius 3 is 3.00 bits per heavy atom. The van der Waals surface area contributed by atoms with Crippen molar-refractivity contribution >= 4 is 33.5 Å². The van der Waals surface area contributed by atoms with Crippen LogP contribution < -0.4 is 9.47 Å². The Morgan fingerprint density at radius 1 is 1.48 bits per heavy atom. The fourth-order valence-electron chi connectivity index (χ4n) is 2.84. The van der Waals surface area contributed by atoms with E-state index in [9.17, 15) is 4.79 Å². The van der Waals surface area contributed by atoms with E-state index in [0.717, 1.165) is 22.9 Å². The molecule has 2 rings (SSSR count). The Morgan fingerprint density at radius 2 is 2.28 bits per heavy atom. The fourth-order valence-corrected chi connectivity index (χ4v) is 4.34. The maximum Gasteiger partial charge on any atom is 0.194 e. The normalized spacial score (nSPS) is 17.4. The van der Waals surface area contributed by atoms with Crippen molar-refractivity contribution < 1.29 is 14.3 Å². The number of carbonyl (C=O) groups excluding carboxylic acids is 1. The Balaban J connectivity index is 1.82. The van der Waals surface area contributed by atoms with Crippen molar-refractivity contribution in [2.45, 2.75) is 70.4 Å². The number of rotatable bonds is 10. The number of halogens is 1. The lowest BCUT2D eigenvalue weighted by Crippen LogP contribution is -2.26. The molecule has 6 heteroatoms. The first-order valence-corrected chi connectivity index (χ1v) is 11.0. The molecule has 4 nitrogen and oxygen atoms in total. The van der Waals surface area contributed by atoms with Crippen LogP contribution in [-0.4, -0.2) is 29.2 Å². The second-order valence-electron chi connectivity index (χ2n) is 6.58. The highest BCUT2D eigenvalue weighted by Gasteiger charge is 2.22. The predicted molar refractivity (Wildman–Crippen MR) is 106 cm³/mol. The average Bonchev–Trinajstić information content (AvgIpc) is 2.58. The molecule has 0 amide bonds. The van der Waals surface area contributed by atoms with Crippen LogP contribution in [0.4, 0.5) is 0 Å². The molecule has 0 fully saturated rings. The second kappa shape index (κ2) is 10.4. The van der Waals surface area contributed by atoms with Crippen LogP contribution in [0.2, 0.25) is 0 Å². The molecule has 1 aromatic rings. The molecule has 25 heavy (non-hydrogen) atoms. The zero-order valence-corrected chi connectivity index (χ0v) is 17.7. The van der Waals surface area contributed by atoms with Crippen LogP contribution in [0.5, 0.6) is 11.5 Å². The Labute approximate surface area is 163 Å². The zero-order chi connectivity index (χ0) is 18.2. The zero-order valence-electron chi connectivity index (χ0n) is 15.3. The van der Waals surface area contributed by atoms with E-state index in [1.54, 1.807) is 11.8 Å². The van der Waals surface area contributed by atoms with Gasteiger partial charge in [-0.1, -0.05) is 39.5 Å². The summed E-state index contributed by atoms with van der Waals surface area (Å²) in [6.07, 6.45) is 6.02. The molecule has 2 unspecified atom stereocenters. The number of thioether (sulfide) groups is 1. The van der Waals surface area contributed by atoms with Gasteiger partial charge in [-0.15, -0.1) is 11.8 Å². The third kappa shape index (κ3) is 6.48. The average molecular weight is 430 g/mol. The topological polar surface area (TPSA) is 48.4 Å². The van der Waals surface area contributed by atoms with Crippen molar-refractivity contribution in [2.75, 3.05) is 12.4 Å². The quantitative estimate of drug-likeness (QED) is 0.354. The Hall–Kier alpha value is -0.750. The highest BCUT2D eigenvalue weighted by molar-refractivity contribution is 9.10. The molecule has 0 saturated heterocycles. The van der Waals surface area contributed by atoms with Gasteiger partial charge in [0.1, 0.15) is 23.5 Å². The maximum absolute atomic E-state index is 12.2. The first kappa shape index (κ1) is 20.6. The summed E-state index contributed by atoms with van der Waals surface area (Å²) in [5.41, 5.74) is 0. The monoisotopic (exact) mass is 429 g/mol. The molecule has 1 aromatic heterocycles. The molecule has 0 aliphatic carbocycles. The third-order valence-electron chi connectivity index (χ3n) is 4.36. The number of unbranched alkanes of at least 4 members (excludes halogenated alkanes) is 1. The van der Waals surface area contributed by atoms with Gasteiger partial charge in [0.05, 0.1) is 0 Å². The number of hydrogen-bond donors (Lipinski definition) is 0. The molecule has 1 aliphatic heterocycles. The number of pyridine rings is 1. The molecule has 0 radical (unpaired) electrons. The molecule has 0 spiro atoms. The van der Waals surface area contributed by atoms with Crippen LogP contribution >= 0.6 is 27.7 Å². The minimum absolute atomic E-state index is 0.0373. The smallest absolute Gasteiger partial charge is 0.194 e. The minimum atomic E-state index is 0.0373. The molecule has 0 aromatic carbocycles. The van der Waals surface area contributed by atoms with Gasteiger partial charge < -0.3 is 9.47 Å². The second-order valence-corrected chi connectivity index (χ2v) is 8.44. The lowest BCUT2D eigenvalue weighted by Gasteiger charge is -2.24. The first-order valence-electron chi connectivity index (χ1n) is 9.17. The number of ether oxygens (including phenoxy) is 2. The number of Topliss-reactive ketones (excluding diaryl/α,β-unsaturated/α-hetero) is 1. The summed E-state index contributed by atoms with van der Waals surface area (Å²) in [5, 5.41) is 0.856. The summed E-state index contributed by atoms with van der Waals surface area (Å²) < 4.78 is 12.1. The van der Waals surface area contributed by atoms with Crippen molar-refractivity contribution in [3.8, 4) is 11.5 Å². The maximum atomic E-state index is 12.2. The van der Waals surface area contributed by atoms with Gasteiger partial charge in [-0.05, 0) is 28.8 Å². The van der Waals surface area contributed by atoms with Crippen LogP contribution in [0.25, 0.3) is 0 Å². The molecule has 0 bridgehead atoms. The predicted octanol–water partition coefficient (Wildman–Crippen LogP) is 5.66. The van der Waals surface area contributed by atoms with Gasteiger partial charge in [0.25, 0.3) is 0 Å². The summed E-state index contributed by atoms with van der Waals surface area (Å²) in [5.74, 6) is 3.04. The SMILES string of the molecule is CCCCC(CC)CC(=O)CCSc1cc2c(c(Br)n1)OCC(C)O2. The summed E-state index contributed by atoms with van der Waals surface area (Å²) in [6.45, 7) is 6.89. The Bertz CT molecular complexity index is 582. The molecule has 0 N–H and O–H groups in total. The van der Waals surface area contributed by atoms with Gasteiger partial charge in [-0.2, -0.15) is 0 Å². The molecular formula is C19H28BrNO3S. The van der Waals surface area contributed by atoms with E-state index < -0.39 is 0 Å². The molecular weight excluding hydrogens is 402 g/mol. The van der Waals surface area contributed by atoms with Crippen molar-refractivity contribution in [1.82, 2.24) is 4.98 Å². The molecule has 0 saturated carbocycles. The standard InChI is InChI=1S/C19H28BrNO3S/c1-4-6-7-14(5-2)10-15(22)8-9-25-17-11-16-18(19(20)21-17)23-12-13(3)24-16/h11,13-14H,4-10,12H2,1-3H3. The molecule has 2 atom stereocenters. The van der Waals surface area contributed by atoms with E-state index >= 15 is 0 Å². The lowest BCUT2D eigenvalue weighted by molar-refractivity contribution is -0.119. The number of aromatic nitrogens is 1. The van der Waals surface area contributed by atoms with Gasteiger partial charge in [-0.3, -0.25) is 4.79 Å². The summed E-state index contributed by atoms with van der Waals surface area (Å²) in [6, 6.07) is 1.90. The highest BCUT2D eigenvalue weighted by Crippen LogP contribution is 2.40. The number of nitrogens with zero attached hydrogens (tertiary/aromatic N) is 1. The van der Waals surface area contributed by atoms with Crippen LogP contribution in [0, 0.1) is 5.92 Å². The van der Waals surface area contributed by atoms with Gasteiger partial charge in [0.2, 0.25) is 0 Å². The van der Waals surface area contributed by atoms with Gasteiger partial charge in [0, 0.05) is 24.7 Å². The van der Waals surface area contributed by atoms with Crippen molar-refractivity contribution in [3.63, 3.8) is 0 Å². The van der Waals surface area contributed by atoms with E-state index in [-0.39, 0.29) is 6.10 Å². The minimum Gasteiger partial charge on any atom is -0.483 e. The van der Waals surface area contributed by atoms with Gasteiger partial charge >= 0.3 is 0 Å². The number of hydrogen-bond acceptors (Lipinski definition) is 5. The fraction of sp³-hybridized carbons (Fsp3) is 0.684. The van der Waals surface area contributed by atoms with E-state index in [1.807, 2.05) is 13.0 Å². The third-order valence-corrected chi connectivity index (χ3v) is 5.81. The van der Waals surface area contributed by atoms with Crippen LogP contribution in [0.3, 0.4) is 0 Å². The summed E-state index contributed by atoms with van der Waals surface area (Å²) in [4.78, 5) is 16.7. The first-order chi connectivity index (χ1) is 12.0. The molecule has 140 valence electrons.